The topological polar surface area (TPSA) is 49.4 Å². The van der Waals surface area contributed by atoms with Crippen molar-refractivity contribution in [3.63, 3.8) is 0 Å². The number of nitrogens with one attached hydrogen (secondary N) is 1. The minimum atomic E-state index is -5.08. The number of hydrogen-bond acceptors (Lipinski definition) is 2. The van der Waals surface area contributed by atoms with Crippen LogP contribution in [0.15, 0.2) is 42.5 Å². The summed E-state index contributed by atoms with van der Waals surface area (Å²) in [7, 11) is 0. The second-order valence-corrected chi connectivity index (χ2v) is 5.75. The largest absolute Gasteiger partial charge is 0.416 e. The van der Waals surface area contributed by atoms with E-state index in [1.807, 2.05) is 0 Å². The second-order valence-electron chi connectivity index (χ2n) is 5.75. The van der Waals surface area contributed by atoms with Crippen molar-refractivity contribution in [1.82, 2.24) is 0 Å². The highest BCUT2D eigenvalue weighted by molar-refractivity contribution is 6.15. The summed E-state index contributed by atoms with van der Waals surface area (Å²) in [6.45, 7) is -0.534. The molecular formula is C17H10F6N2O2. The molecule has 2 aromatic rings. The van der Waals surface area contributed by atoms with E-state index in [0.29, 0.717) is 12.1 Å². The van der Waals surface area contributed by atoms with Gasteiger partial charge in [-0.05, 0) is 30.3 Å². The molecule has 0 aliphatic carbocycles. The van der Waals surface area contributed by atoms with Gasteiger partial charge in [0.25, 0.3) is 5.91 Å². The standard InChI is InChI=1S/C17H10F6N2O2/c18-16(19,20)10-5-9(6-11(7-10)17(21,22)23)15(27)25-8-14(26)24-12-3-1-2-4-13(12)25/h1-7H,8H2,(H,24,26). The molecule has 27 heavy (non-hydrogen) atoms. The molecule has 142 valence electrons. The fourth-order valence-electron chi connectivity index (χ4n) is 2.65. The molecule has 0 aromatic heterocycles. The van der Waals surface area contributed by atoms with Crippen LogP contribution in [0.3, 0.4) is 0 Å². The van der Waals surface area contributed by atoms with Gasteiger partial charge < -0.3 is 5.32 Å². The van der Waals surface area contributed by atoms with E-state index in [0.717, 1.165) is 4.90 Å². The lowest BCUT2D eigenvalue weighted by Gasteiger charge is -2.29. The lowest BCUT2D eigenvalue weighted by Crippen LogP contribution is -2.42. The maximum atomic E-state index is 13.0. The van der Waals surface area contributed by atoms with E-state index in [9.17, 15) is 35.9 Å². The van der Waals surface area contributed by atoms with Gasteiger partial charge in [0, 0.05) is 5.56 Å². The molecule has 4 nitrogen and oxygen atoms in total. The van der Waals surface area contributed by atoms with Crippen molar-refractivity contribution in [2.45, 2.75) is 12.4 Å². The third-order valence-electron chi connectivity index (χ3n) is 3.85. The van der Waals surface area contributed by atoms with Crippen molar-refractivity contribution in [3.8, 4) is 0 Å². The number of halogens is 6. The van der Waals surface area contributed by atoms with Gasteiger partial charge >= 0.3 is 12.4 Å². The van der Waals surface area contributed by atoms with Gasteiger partial charge in [0.2, 0.25) is 5.91 Å². The molecule has 0 fully saturated rings. The van der Waals surface area contributed by atoms with Crippen LogP contribution in [0.4, 0.5) is 37.7 Å². The first-order chi connectivity index (χ1) is 12.5. The maximum absolute atomic E-state index is 13.0. The Balaban J connectivity index is 2.11. The summed E-state index contributed by atoms with van der Waals surface area (Å²) in [5.41, 5.74) is -3.62. The van der Waals surface area contributed by atoms with Gasteiger partial charge in [-0.2, -0.15) is 26.3 Å². The predicted molar refractivity (Wildman–Crippen MR) is 83.2 cm³/mol. The number of alkyl halides is 6. The summed E-state index contributed by atoms with van der Waals surface area (Å²) >= 11 is 0. The molecule has 0 unspecified atom stereocenters. The number of para-hydroxylation sites is 2. The number of carbonyl (C=O) groups is 2. The highest BCUT2D eigenvalue weighted by atomic mass is 19.4. The maximum Gasteiger partial charge on any atom is 0.416 e. The van der Waals surface area contributed by atoms with E-state index in [4.69, 9.17) is 0 Å². The van der Waals surface area contributed by atoms with Crippen LogP contribution in [0.25, 0.3) is 0 Å². The molecule has 0 saturated carbocycles. The summed E-state index contributed by atoms with van der Waals surface area (Å²) in [6, 6.07) is 6.57. The summed E-state index contributed by atoms with van der Waals surface area (Å²) in [4.78, 5) is 25.3. The smallest absolute Gasteiger partial charge is 0.323 e. The number of benzene rings is 2. The Morgan fingerprint density at radius 2 is 1.48 bits per heavy atom. The van der Waals surface area contributed by atoms with Crippen LogP contribution in [0.1, 0.15) is 21.5 Å². The number of amides is 2. The predicted octanol–water partition coefficient (Wildman–Crippen LogP) is 4.32. The molecule has 2 amide bonds. The van der Waals surface area contributed by atoms with Crippen LogP contribution < -0.4 is 10.2 Å². The molecule has 0 bridgehead atoms. The Morgan fingerprint density at radius 3 is 2.04 bits per heavy atom. The van der Waals surface area contributed by atoms with Crippen molar-refractivity contribution < 1.29 is 35.9 Å². The van der Waals surface area contributed by atoms with E-state index < -0.39 is 47.4 Å². The minimum Gasteiger partial charge on any atom is -0.323 e. The zero-order valence-corrected chi connectivity index (χ0v) is 13.3. The van der Waals surface area contributed by atoms with Gasteiger partial charge in [0.15, 0.2) is 0 Å². The van der Waals surface area contributed by atoms with Gasteiger partial charge in [0.05, 0.1) is 22.5 Å². The zero-order valence-electron chi connectivity index (χ0n) is 13.3. The fraction of sp³-hybridized carbons (Fsp3) is 0.176. The summed E-state index contributed by atoms with van der Waals surface area (Å²) in [5.74, 6) is -1.76. The van der Waals surface area contributed by atoms with Crippen LogP contribution in [-0.2, 0) is 17.1 Å². The third-order valence-corrected chi connectivity index (χ3v) is 3.85. The number of nitrogens with zero attached hydrogens (tertiary/aromatic N) is 1. The molecule has 0 radical (unpaired) electrons. The van der Waals surface area contributed by atoms with Gasteiger partial charge in [-0.25, -0.2) is 0 Å². The van der Waals surface area contributed by atoms with Crippen LogP contribution in [0.2, 0.25) is 0 Å². The third kappa shape index (κ3) is 3.74. The molecule has 0 spiro atoms. The zero-order chi connectivity index (χ0) is 20.0. The van der Waals surface area contributed by atoms with Crippen LogP contribution >= 0.6 is 0 Å². The highest BCUT2D eigenvalue weighted by Gasteiger charge is 2.38. The Hall–Kier alpha value is -3.04. The van der Waals surface area contributed by atoms with Crippen LogP contribution in [-0.4, -0.2) is 18.4 Å². The Kier molecular flexibility index (Phi) is 4.37. The van der Waals surface area contributed by atoms with E-state index >= 15 is 0 Å². The van der Waals surface area contributed by atoms with E-state index in [1.165, 1.54) is 18.2 Å². The molecule has 10 heteroatoms. The molecule has 2 aromatic carbocycles. The van der Waals surface area contributed by atoms with E-state index in [-0.39, 0.29) is 17.4 Å². The van der Waals surface area contributed by atoms with Crippen LogP contribution in [0, 0.1) is 0 Å². The van der Waals surface area contributed by atoms with Crippen molar-refractivity contribution in [2.75, 3.05) is 16.8 Å². The molecular weight excluding hydrogens is 378 g/mol. The average Bonchev–Trinajstić information content (AvgIpc) is 2.58. The number of carbonyl (C=O) groups excluding carboxylic acids is 2. The molecule has 1 heterocycles. The Bertz CT molecular complexity index is 888. The van der Waals surface area contributed by atoms with Crippen LogP contribution in [0.5, 0.6) is 0 Å². The van der Waals surface area contributed by atoms with Crippen molar-refractivity contribution in [3.05, 3.63) is 59.2 Å². The molecule has 0 atom stereocenters. The molecule has 3 rings (SSSR count). The van der Waals surface area contributed by atoms with E-state index in [1.54, 1.807) is 6.07 Å². The normalized spacial score (nSPS) is 14.6. The number of anilines is 2. The Morgan fingerprint density at radius 1 is 0.926 bits per heavy atom. The van der Waals surface area contributed by atoms with Crippen molar-refractivity contribution in [1.29, 1.82) is 0 Å². The highest BCUT2D eigenvalue weighted by Crippen LogP contribution is 2.37. The quantitative estimate of drug-likeness (QED) is 0.740. The Labute approximate surface area is 148 Å². The van der Waals surface area contributed by atoms with Crippen molar-refractivity contribution >= 4 is 23.2 Å². The number of fused-ring (bicyclic) bond motifs is 1. The van der Waals surface area contributed by atoms with Gasteiger partial charge in [-0.1, -0.05) is 12.1 Å². The molecule has 0 saturated heterocycles. The second kappa shape index (κ2) is 6.29. The summed E-state index contributed by atoms with van der Waals surface area (Å²) in [5, 5.41) is 2.47. The molecule has 1 N–H and O–H groups in total. The first kappa shape index (κ1) is 18.7. The first-order valence-corrected chi connectivity index (χ1v) is 7.47. The van der Waals surface area contributed by atoms with Crippen molar-refractivity contribution in [2.24, 2.45) is 0 Å². The lowest BCUT2D eigenvalue weighted by molar-refractivity contribution is -0.143. The van der Waals surface area contributed by atoms with Gasteiger partial charge in [0.1, 0.15) is 6.54 Å². The fourth-order valence-corrected chi connectivity index (χ4v) is 2.65. The monoisotopic (exact) mass is 388 g/mol. The SMILES string of the molecule is O=C1CN(C(=O)c2cc(C(F)(F)F)cc(C(F)(F)F)c2)c2ccccc2N1. The van der Waals surface area contributed by atoms with Gasteiger partial charge in [-0.15, -0.1) is 0 Å². The molecule has 1 aliphatic heterocycles. The lowest BCUT2D eigenvalue weighted by atomic mass is 10.0. The molecule has 1 aliphatic rings. The van der Waals surface area contributed by atoms with Gasteiger partial charge in [-0.3, -0.25) is 14.5 Å². The van der Waals surface area contributed by atoms with E-state index in [2.05, 4.69) is 5.32 Å². The average molecular weight is 388 g/mol. The number of rotatable bonds is 1. The number of hydrogen-bond donors (Lipinski definition) is 1. The first-order valence-electron chi connectivity index (χ1n) is 7.47. The minimum absolute atomic E-state index is 0.0619. The summed E-state index contributed by atoms with van der Waals surface area (Å²) in [6.07, 6.45) is -10.2. The summed E-state index contributed by atoms with van der Waals surface area (Å²) < 4.78 is 77.9.